The predicted octanol–water partition coefficient (Wildman–Crippen LogP) is 21.8. The van der Waals surface area contributed by atoms with E-state index in [9.17, 15) is 0 Å². The average molecular weight is 1150 g/mol. The third-order valence-electron chi connectivity index (χ3n) is 19.3. The normalized spacial score (nSPS) is 15.0. The topological polar surface area (TPSA) is 15.7 Å². The Morgan fingerprint density at radius 2 is 0.456 bits per heavy atom. The second kappa shape index (κ2) is 21.4. The maximum absolute atomic E-state index is 7.13. The highest BCUT2D eigenvalue weighted by Crippen LogP contribution is 2.60. The zero-order chi connectivity index (χ0) is 59.6. The van der Waals surface area contributed by atoms with E-state index in [2.05, 4.69) is 374 Å². The Kier molecular flexibility index (Phi) is 12.6. The lowest BCUT2D eigenvalue weighted by Gasteiger charge is -2.42. The summed E-state index contributed by atoms with van der Waals surface area (Å²) in [5, 5.41) is 0. The monoisotopic (exact) mass is 1150 g/mol. The quantitative estimate of drug-likeness (QED) is 0.121. The average Bonchev–Trinajstić information content (AvgIpc) is 1.41. The number of benzene rings is 14. The van der Waals surface area contributed by atoms with Gasteiger partial charge in [0.25, 0.3) is 0 Å². The molecular weight excluding hydrogens is 1090 g/mol. The smallest absolute Gasteiger partial charge is 0.132 e. The third kappa shape index (κ3) is 7.93. The van der Waals surface area contributed by atoms with Crippen molar-refractivity contribution >= 4 is 34.1 Å². The fourth-order valence-electron chi connectivity index (χ4n) is 15.7. The largest absolute Gasteiger partial charge is 0.457 e. The first kappa shape index (κ1) is 52.8. The fourth-order valence-corrected chi connectivity index (χ4v) is 15.7. The summed E-state index contributed by atoms with van der Waals surface area (Å²) >= 11 is 0. The predicted molar refractivity (Wildman–Crippen MR) is 369 cm³/mol. The first-order chi connectivity index (χ1) is 44.6. The van der Waals surface area contributed by atoms with Crippen molar-refractivity contribution < 1.29 is 4.74 Å². The second-order valence-corrected chi connectivity index (χ2v) is 23.8. The Labute approximate surface area is 526 Å². The van der Waals surface area contributed by atoms with E-state index in [0.29, 0.717) is 0 Å². The molecule has 0 fully saturated rings. The van der Waals surface area contributed by atoms with E-state index < -0.39 is 16.2 Å². The Balaban J connectivity index is 0.833. The molecule has 3 aliphatic rings. The van der Waals surface area contributed by atoms with Gasteiger partial charge in [-0.05, 0) is 163 Å². The van der Waals surface area contributed by atoms with Crippen LogP contribution in [0.4, 0.5) is 34.1 Å². The van der Waals surface area contributed by atoms with Gasteiger partial charge in [0.1, 0.15) is 11.5 Å². The van der Waals surface area contributed by atoms with Gasteiger partial charge in [0.15, 0.2) is 0 Å². The van der Waals surface area contributed by atoms with Gasteiger partial charge < -0.3 is 14.5 Å². The molecule has 0 saturated heterocycles. The molecule has 0 N–H and O–H groups in total. The third-order valence-corrected chi connectivity index (χ3v) is 19.3. The number of hydrogen-bond acceptors (Lipinski definition) is 3. The Morgan fingerprint density at radius 3 is 0.878 bits per heavy atom. The van der Waals surface area contributed by atoms with Gasteiger partial charge in [0.05, 0.1) is 16.2 Å². The van der Waals surface area contributed by atoms with E-state index in [1.807, 2.05) is 0 Å². The zero-order valence-corrected chi connectivity index (χ0v) is 49.4. The van der Waals surface area contributed by atoms with Crippen LogP contribution >= 0.6 is 0 Å². The van der Waals surface area contributed by atoms with E-state index in [4.69, 9.17) is 4.74 Å². The van der Waals surface area contributed by atoms with Gasteiger partial charge in [0, 0.05) is 45.3 Å². The summed E-state index contributed by atoms with van der Waals surface area (Å²) in [6.45, 7) is 0. The van der Waals surface area contributed by atoms with Crippen LogP contribution in [0.25, 0.3) is 22.3 Å². The summed E-state index contributed by atoms with van der Waals surface area (Å²) in [4.78, 5) is 4.81. The number of rotatable bonds is 12. The number of anilines is 6. The molecule has 0 radical (unpaired) electrons. The zero-order valence-electron chi connectivity index (χ0n) is 49.4. The van der Waals surface area contributed by atoms with E-state index in [0.717, 1.165) is 67.9 Å². The molecule has 1 atom stereocenters. The summed E-state index contributed by atoms with van der Waals surface area (Å²) < 4.78 is 7.13. The van der Waals surface area contributed by atoms with Crippen LogP contribution in [-0.4, -0.2) is 0 Å². The molecule has 1 aliphatic heterocycles. The molecule has 2 aliphatic carbocycles. The molecule has 3 nitrogen and oxygen atoms in total. The Hall–Kier alpha value is -11.5. The number of hydrogen-bond donors (Lipinski definition) is 0. The van der Waals surface area contributed by atoms with Gasteiger partial charge in [-0.25, -0.2) is 0 Å². The van der Waals surface area contributed by atoms with Crippen molar-refractivity contribution in [2.75, 3.05) is 9.80 Å². The molecule has 0 saturated carbocycles. The van der Waals surface area contributed by atoms with Crippen molar-refractivity contribution in [3.8, 4) is 33.8 Å². The summed E-state index contributed by atoms with van der Waals surface area (Å²) in [6, 6.07) is 134. The summed E-state index contributed by atoms with van der Waals surface area (Å²) in [5.41, 5.74) is 23.9. The van der Waals surface area contributed by atoms with Crippen LogP contribution < -0.4 is 14.5 Å². The van der Waals surface area contributed by atoms with Crippen LogP contribution in [0.3, 0.4) is 0 Å². The number of fused-ring (bicyclic) bond motifs is 8. The highest BCUT2D eigenvalue weighted by atomic mass is 16.5. The van der Waals surface area contributed by atoms with Crippen molar-refractivity contribution in [3.63, 3.8) is 0 Å². The molecule has 0 aromatic heterocycles. The van der Waals surface area contributed by atoms with E-state index in [-0.39, 0.29) is 0 Å². The molecule has 424 valence electrons. The van der Waals surface area contributed by atoms with E-state index in [1.54, 1.807) is 0 Å². The van der Waals surface area contributed by atoms with E-state index >= 15 is 0 Å². The van der Waals surface area contributed by atoms with Gasteiger partial charge in [-0.2, -0.15) is 0 Å². The maximum atomic E-state index is 7.13. The molecule has 90 heavy (non-hydrogen) atoms. The minimum Gasteiger partial charge on any atom is -0.457 e. The summed E-state index contributed by atoms with van der Waals surface area (Å²) in [5.74, 6) is 1.62. The molecular formula is C87H60N2O. The molecule has 1 unspecified atom stereocenters. The first-order valence-corrected chi connectivity index (χ1v) is 31.1. The van der Waals surface area contributed by atoms with Crippen molar-refractivity contribution in [1.82, 2.24) is 0 Å². The van der Waals surface area contributed by atoms with E-state index in [1.165, 1.54) is 66.8 Å². The molecule has 14 aromatic rings. The number of ether oxygens (including phenoxy) is 1. The van der Waals surface area contributed by atoms with Crippen molar-refractivity contribution in [2.24, 2.45) is 0 Å². The highest BCUT2D eigenvalue weighted by molar-refractivity contribution is 5.89. The molecule has 0 amide bonds. The standard InChI is InChI=1S/C87H60N2O/c1-6-27-61(28-7-1)85(77-43-20-16-39-73(77)74-40-17-21-44-78(74)85)64-49-53-69(54-50-64)88(67-34-12-4-13-35-67)71-38-26-33-66(59-71)87(63-31-10-3-11-32-63)81-47-24-25-48-83(81)90-84-58-57-72(60-82(84)87)89(68-36-14-5-15-37-68)70-55-51-65(52-56-70)86(62-29-8-2-9-30-62)79-45-22-18-41-75(79)76-42-19-23-46-80(76)86/h1-60H. The molecule has 0 bridgehead atoms. The van der Waals surface area contributed by atoms with Crippen LogP contribution in [0, 0.1) is 0 Å². The van der Waals surface area contributed by atoms with Gasteiger partial charge >= 0.3 is 0 Å². The van der Waals surface area contributed by atoms with Gasteiger partial charge in [0.2, 0.25) is 0 Å². The SMILES string of the molecule is c1ccc(N(c2ccc(C3(c4ccccc4)c4ccccc4-c4ccccc43)cc2)c2cccc(C3(c4ccccc4)c4ccccc4Oc4ccc(N(c5ccccc5)c5ccc(C6(c7ccccc7)c7ccccc7-c7ccccc76)cc5)cc43)c2)cc1. The fraction of sp³-hybridized carbons (Fsp3) is 0.0345. The van der Waals surface area contributed by atoms with Gasteiger partial charge in [-0.3, -0.25) is 0 Å². The van der Waals surface area contributed by atoms with Crippen LogP contribution in [0.15, 0.2) is 364 Å². The van der Waals surface area contributed by atoms with Crippen molar-refractivity contribution in [3.05, 3.63) is 431 Å². The first-order valence-electron chi connectivity index (χ1n) is 31.1. The lowest BCUT2D eigenvalue weighted by Crippen LogP contribution is -2.34. The van der Waals surface area contributed by atoms with Gasteiger partial charge in [-0.15, -0.1) is 0 Å². The molecule has 1 heterocycles. The molecule has 3 heteroatoms. The lowest BCUT2D eigenvalue weighted by molar-refractivity contribution is 0.434. The Bertz CT molecular complexity index is 4880. The molecule has 17 rings (SSSR count). The number of nitrogens with zero attached hydrogens (tertiary/aromatic N) is 2. The minimum atomic E-state index is -0.855. The lowest BCUT2D eigenvalue weighted by atomic mass is 9.63. The van der Waals surface area contributed by atoms with Crippen molar-refractivity contribution in [2.45, 2.75) is 16.2 Å². The number of para-hydroxylation sites is 3. The van der Waals surface area contributed by atoms with Crippen molar-refractivity contribution in [1.29, 1.82) is 0 Å². The summed E-state index contributed by atoms with van der Waals surface area (Å²) in [6.07, 6.45) is 0. The minimum absolute atomic E-state index is 0.519. The van der Waals surface area contributed by atoms with Gasteiger partial charge in [-0.1, -0.05) is 279 Å². The summed E-state index contributed by atoms with van der Waals surface area (Å²) in [7, 11) is 0. The molecule has 0 spiro atoms. The second-order valence-electron chi connectivity index (χ2n) is 23.8. The van der Waals surface area contributed by atoms with Crippen LogP contribution in [0.2, 0.25) is 0 Å². The maximum Gasteiger partial charge on any atom is 0.132 e. The highest BCUT2D eigenvalue weighted by Gasteiger charge is 2.49. The van der Waals surface area contributed by atoms with Crippen LogP contribution in [0.1, 0.15) is 66.8 Å². The Morgan fingerprint density at radius 1 is 0.178 bits per heavy atom. The molecule has 14 aromatic carbocycles. The van der Waals surface area contributed by atoms with Crippen LogP contribution in [-0.2, 0) is 16.2 Å². The van der Waals surface area contributed by atoms with Crippen LogP contribution in [0.5, 0.6) is 11.5 Å².